The zero-order chi connectivity index (χ0) is 8.65. The summed E-state index contributed by atoms with van der Waals surface area (Å²) in [6.45, 7) is 0. The standard InChI is InChI=1S/C4H5NO5S.Na/c6-3-1-2(4(7)5-3)11(8,9)10;/h2H,1H2,(H2,5,6,7,8,9,10);/q;+1/p-1. The van der Waals surface area contributed by atoms with Crippen molar-refractivity contribution in [1.29, 1.82) is 0 Å². The van der Waals surface area contributed by atoms with E-state index in [1.807, 2.05) is 0 Å². The predicted octanol–water partition coefficient (Wildman–Crippen LogP) is -3.92. The molecule has 1 saturated heterocycles. The van der Waals surface area contributed by atoms with Gasteiger partial charge in [-0.15, -0.1) is 0 Å². The number of rotatable bonds is 1. The summed E-state index contributed by atoms with van der Waals surface area (Å²) in [5.41, 5.74) is 0. The fourth-order valence-corrected chi connectivity index (χ4v) is 1.38. The third-order valence-electron chi connectivity index (χ3n) is 1.23. The number of nitrogens with zero attached hydrogens (tertiary/aromatic N) is 1. The van der Waals surface area contributed by atoms with Crippen molar-refractivity contribution in [1.82, 2.24) is 0 Å². The normalized spacial score (nSPS) is 23.2. The van der Waals surface area contributed by atoms with Crippen LogP contribution in [0.4, 0.5) is 0 Å². The number of carbonyl (C=O) groups excluding carboxylic acids is 2. The molecule has 0 saturated carbocycles. The largest absolute Gasteiger partial charge is 1.00 e. The molecular formula is C4H4NNaO5S. The van der Waals surface area contributed by atoms with Crippen LogP contribution in [0.3, 0.4) is 0 Å². The van der Waals surface area contributed by atoms with Crippen molar-refractivity contribution in [3.8, 4) is 0 Å². The van der Waals surface area contributed by atoms with Gasteiger partial charge in [0.25, 0.3) is 10.1 Å². The van der Waals surface area contributed by atoms with Crippen LogP contribution in [0.5, 0.6) is 0 Å². The zero-order valence-electron chi connectivity index (χ0n) is 6.22. The summed E-state index contributed by atoms with van der Waals surface area (Å²) in [7, 11) is -4.45. The Bertz CT molecular complexity index is 309. The molecule has 8 heteroatoms. The minimum Gasteiger partial charge on any atom is -0.595 e. The fraction of sp³-hybridized carbons (Fsp3) is 0.500. The molecule has 1 atom stereocenters. The molecule has 1 N–H and O–H groups in total. The van der Waals surface area contributed by atoms with Gasteiger partial charge in [0.15, 0.2) is 0 Å². The third kappa shape index (κ3) is 2.53. The molecule has 0 aromatic rings. The smallest absolute Gasteiger partial charge is 0.595 e. The Hall–Kier alpha value is 0.0500. The van der Waals surface area contributed by atoms with Crippen LogP contribution < -0.4 is 29.6 Å². The average molecular weight is 201 g/mol. The van der Waals surface area contributed by atoms with Gasteiger partial charge in [0, 0.05) is 6.42 Å². The van der Waals surface area contributed by atoms with Gasteiger partial charge in [-0.3, -0.25) is 4.55 Å². The first-order valence-electron chi connectivity index (χ1n) is 2.66. The Balaban J connectivity index is 0.00000121. The first-order chi connectivity index (χ1) is 4.91. The molecule has 1 heterocycles. The van der Waals surface area contributed by atoms with E-state index in [2.05, 4.69) is 5.32 Å². The van der Waals surface area contributed by atoms with Crippen molar-refractivity contribution in [3.63, 3.8) is 0 Å². The van der Waals surface area contributed by atoms with Gasteiger partial charge < -0.3 is 14.9 Å². The molecule has 0 bridgehead atoms. The average Bonchev–Trinajstić information content (AvgIpc) is 2.08. The van der Waals surface area contributed by atoms with Gasteiger partial charge in [-0.2, -0.15) is 8.42 Å². The fourth-order valence-electron chi connectivity index (χ4n) is 0.719. The quantitative estimate of drug-likeness (QED) is 0.265. The minimum atomic E-state index is -4.45. The van der Waals surface area contributed by atoms with Gasteiger partial charge in [0.1, 0.15) is 5.25 Å². The molecule has 0 radical (unpaired) electrons. The van der Waals surface area contributed by atoms with Crippen molar-refractivity contribution in [2.75, 3.05) is 0 Å². The van der Waals surface area contributed by atoms with Gasteiger partial charge in [0.2, 0.25) is 0 Å². The summed E-state index contributed by atoms with van der Waals surface area (Å²) in [5, 5.41) is 1.15. The Morgan fingerprint density at radius 2 is 1.92 bits per heavy atom. The van der Waals surface area contributed by atoms with Gasteiger partial charge in [-0.25, -0.2) is 0 Å². The second-order valence-electron chi connectivity index (χ2n) is 2.05. The van der Waals surface area contributed by atoms with Gasteiger partial charge in [-0.1, -0.05) is 0 Å². The molecule has 62 valence electrons. The van der Waals surface area contributed by atoms with Gasteiger partial charge in [0.05, 0.1) is 11.8 Å². The molecule has 1 rings (SSSR count). The van der Waals surface area contributed by atoms with Crippen LogP contribution in [-0.4, -0.2) is 30.0 Å². The minimum absolute atomic E-state index is 0. The van der Waals surface area contributed by atoms with Crippen molar-refractivity contribution >= 4 is 21.9 Å². The molecule has 0 aromatic carbocycles. The molecule has 1 aliphatic heterocycles. The van der Waals surface area contributed by atoms with Crippen LogP contribution in [0.25, 0.3) is 5.32 Å². The zero-order valence-corrected chi connectivity index (χ0v) is 9.04. The van der Waals surface area contributed by atoms with Crippen molar-refractivity contribution < 1.29 is 52.1 Å². The second-order valence-corrected chi connectivity index (χ2v) is 3.65. The van der Waals surface area contributed by atoms with E-state index in [1.165, 1.54) is 0 Å². The molecule has 2 amide bonds. The van der Waals surface area contributed by atoms with E-state index in [1.54, 1.807) is 0 Å². The summed E-state index contributed by atoms with van der Waals surface area (Å²) in [6.07, 6.45) is -0.544. The molecule has 1 aliphatic rings. The summed E-state index contributed by atoms with van der Waals surface area (Å²) in [4.78, 5) is 20.9. The SMILES string of the molecule is O=C1CC(S(=O)(=O)O)C(=O)[N-]1.[Na+]. The predicted molar refractivity (Wildman–Crippen MR) is 33.3 cm³/mol. The molecule has 0 aliphatic carbocycles. The molecule has 1 fully saturated rings. The maximum Gasteiger partial charge on any atom is 1.00 e. The summed E-state index contributed by atoms with van der Waals surface area (Å²) < 4.78 is 29.0. The molecular weight excluding hydrogens is 197 g/mol. The van der Waals surface area contributed by atoms with Crippen LogP contribution in [-0.2, 0) is 19.7 Å². The summed E-state index contributed by atoms with van der Waals surface area (Å²) in [5.74, 6) is -1.89. The maximum absolute atomic E-state index is 10.5. The van der Waals surface area contributed by atoms with E-state index in [4.69, 9.17) is 4.55 Å². The van der Waals surface area contributed by atoms with Crippen LogP contribution in [0, 0.1) is 0 Å². The van der Waals surface area contributed by atoms with Crippen molar-refractivity contribution in [3.05, 3.63) is 5.32 Å². The topological polar surface area (TPSA) is 103 Å². The molecule has 6 nitrogen and oxygen atoms in total. The van der Waals surface area contributed by atoms with Crippen LogP contribution >= 0.6 is 0 Å². The molecule has 0 aromatic heterocycles. The van der Waals surface area contributed by atoms with Gasteiger partial charge >= 0.3 is 29.6 Å². The maximum atomic E-state index is 10.5. The molecule has 0 spiro atoms. The van der Waals surface area contributed by atoms with E-state index in [0.29, 0.717) is 0 Å². The van der Waals surface area contributed by atoms with Crippen LogP contribution in [0.1, 0.15) is 6.42 Å². The number of carbonyl (C=O) groups is 2. The van der Waals surface area contributed by atoms with Crippen LogP contribution in [0.2, 0.25) is 0 Å². The monoisotopic (exact) mass is 201 g/mol. The Morgan fingerprint density at radius 3 is 2.08 bits per heavy atom. The van der Waals surface area contributed by atoms with Crippen molar-refractivity contribution in [2.45, 2.75) is 11.7 Å². The second kappa shape index (κ2) is 3.84. The first kappa shape index (κ1) is 12.0. The Labute approximate surface area is 90.7 Å². The third-order valence-corrected chi connectivity index (χ3v) is 2.32. The number of hydrogen-bond donors (Lipinski definition) is 1. The Kier molecular flexibility index (Phi) is 3.86. The summed E-state index contributed by atoms with van der Waals surface area (Å²) >= 11 is 0. The van der Waals surface area contributed by atoms with E-state index < -0.39 is 33.6 Å². The van der Waals surface area contributed by atoms with Crippen LogP contribution in [0.15, 0.2) is 0 Å². The summed E-state index contributed by atoms with van der Waals surface area (Å²) in [6, 6.07) is 0. The van der Waals surface area contributed by atoms with Gasteiger partial charge in [-0.05, 0) is 0 Å². The van der Waals surface area contributed by atoms with E-state index in [9.17, 15) is 18.0 Å². The van der Waals surface area contributed by atoms with E-state index in [-0.39, 0.29) is 29.6 Å². The van der Waals surface area contributed by atoms with E-state index >= 15 is 0 Å². The van der Waals surface area contributed by atoms with Crippen molar-refractivity contribution in [2.24, 2.45) is 0 Å². The Morgan fingerprint density at radius 1 is 1.42 bits per heavy atom. The number of imide groups is 1. The number of hydrogen-bond acceptors (Lipinski definition) is 4. The molecule has 1 unspecified atom stereocenters. The first-order valence-corrected chi connectivity index (χ1v) is 4.16. The van der Waals surface area contributed by atoms with E-state index in [0.717, 1.165) is 0 Å². The number of amides is 2. The molecule has 12 heavy (non-hydrogen) atoms.